The van der Waals surface area contributed by atoms with E-state index in [4.69, 9.17) is 0 Å². The lowest BCUT2D eigenvalue weighted by molar-refractivity contribution is 0.102. The van der Waals surface area contributed by atoms with Crippen molar-refractivity contribution in [1.82, 2.24) is 14.3 Å². The van der Waals surface area contributed by atoms with Gasteiger partial charge in [0.15, 0.2) is 0 Å². The molecule has 2 aromatic heterocycles. The Bertz CT molecular complexity index is 1180. The lowest BCUT2D eigenvalue weighted by atomic mass is 10.1. The van der Waals surface area contributed by atoms with E-state index >= 15 is 0 Å². The van der Waals surface area contributed by atoms with Gasteiger partial charge in [-0.15, -0.1) is 11.8 Å². The molecule has 32 heavy (non-hydrogen) atoms. The Hall–Kier alpha value is -3.09. The van der Waals surface area contributed by atoms with Crippen LogP contribution in [0.2, 0.25) is 0 Å². The summed E-state index contributed by atoms with van der Waals surface area (Å²) in [5.74, 6) is 0.715. The van der Waals surface area contributed by atoms with E-state index in [9.17, 15) is 4.79 Å². The normalized spacial score (nSPS) is 14.1. The van der Waals surface area contributed by atoms with Crippen LogP contribution in [-0.2, 0) is 12.3 Å². The Balaban J connectivity index is 1.21. The molecule has 1 amide bonds. The number of amides is 1. The number of hydrogen-bond acceptors (Lipinski definition) is 4. The fraction of sp³-hybridized carbons (Fsp3) is 0.231. The highest BCUT2D eigenvalue weighted by Crippen LogP contribution is 2.24. The summed E-state index contributed by atoms with van der Waals surface area (Å²) in [4.78, 5) is 21.1. The maximum atomic E-state index is 12.8. The molecule has 0 unspecified atom stereocenters. The minimum absolute atomic E-state index is 0.0734. The van der Waals surface area contributed by atoms with Crippen LogP contribution in [0.1, 0.15) is 34.5 Å². The van der Waals surface area contributed by atoms with E-state index in [1.54, 1.807) is 11.8 Å². The molecule has 2 aromatic carbocycles. The highest BCUT2D eigenvalue weighted by molar-refractivity contribution is 7.98. The van der Waals surface area contributed by atoms with E-state index in [1.165, 1.54) is 18.4 Å². The van der Waals surface area contributed by atoms with Gasteiger partial charge in [-0.1, -0.05) is 24.3 Å². The Labute approximate surface area is 192 Å². The Morgan fingerprint density at radius 2 is 1.75 bits per heavy atom. The van der Waals surface area contributed by atoms with Gasteiger partial charge in [-0.25, -0.2) is 4.98 Å². The number of pyridine rings is 1. The van der Waals surface area contributed by atoms with Crippen LogP contribution >= 0.6 is 11.8 Å². The molecule has 1 saturated heterocycles. The zero-order valence-corrected chi connectivity index (χ0v) is 18.7. The number of carbonyl (C=O) groups is 1. The number of fused-ring (bicyclic) bond motifs is 1. The first-order chi connectivity index (χ1) is 15.7. The van der Waals surface area contributed by atoms with E-state index in [2.05, 4.69) is 27.5 Å². The lowest BCUT2D eigenvalue weighted by Gasteiger charge is -2.18. The number of imidazole rings is 1. The quantitative estimate of drug-likeness (QED) is 0.385. The number of rotatable bonds is 7. The zero-order valence-electron chi connectivity index (χ0n) is 17.9. The molecule has 0 atom stereocenters. The van der Waals surface area contributed by atoms with Crippen LogP contribution in [0.3, 0.4) is 0 Å². The average Bonchev–Trinajstić information content (AvgIpc) is 3.49. The van der Waals surface area contributed by atoms with Gasteiger partial charge in [0.05, 0.1) is 5.69 Å². The number of nitrogens with zero attached hydrogens (tertiary/aromatic N) is 3. The number of para-hydroxylation sites is 1. The highest BCUT2D eigenvalue weighted by atomic mass is 32.2. The fourth-order valence-electron chi connectivity index (χ4n) is 4.07. The number of nitrogens with one attached hydrogen (secondary N) is 1. The molecule has 0 saturated carbocycles. The van der Waals surface area contributed by atoms with E-state index in [0.29, 0.717) is 5.56 Å². The maximum absolute atomic E-state index is 12.8. The third-order valence-electron chi connectivity index (χ3n) is 5.78. The SMILES string of the molecule is O=C(Nc1ccccc1CN1CCCC1)c1ccc(SCc2cn3ccccc3n2)cc1. The first kappa shape index (κ1) is 20.8. The molecule has 0 spiro atoms. The summed E-state index contributed by atoms with van der Waals surface area (Å²) in [6.45, 7) is 3.15. The Morgan fingerprint density at radius 3 is 2.56 bits per heavy atom. The summed E-state index contributed by atoms with van der Waals surface area (Å²) in [7, 11) is 0. The van der Waals surface area contributed by atoms with Crippen molar-refractivity contribution in [1.29, 1.82) is 0 Å². The van der Waals surface area contributed by atoms with Crippen molar-refractivity contribution >= 4 is 29.0 Å². The Kier molecular flexibility index (Phi) is 6.23. The van der Waals surface area contributed by atoms with E-state index in [-0.39, 0.29) is 5.91 Å². The predicted octanol–water partition coefficient (Wildman–Crippen LogP) is 5.47. The molecule has 5 nitrogen and oxygen atoms in total. The molecule has 0 bridgehead atoms. The molecular weight excluding hydrogens is 416 g/mol. The van der Waals surface area contributed by atoms with Gasteiger partial charge in [0.1, 0.15) is 5.65 Å². The number of hydrogen-bond donors (Lipinski definition) is 1. The molecule has 0 radical (unpaired) electrons. The second-order valence-electron chi connectivity index (χ2n) is 8.11. The molecular formula is C26H26N4OS. The van der Waals surface area contributed by atoms with E-state index in [0.717, 1.165) is 47.3 Å². The van der Waals surface area contributed by atoms with Gasteiger partial charge in [0.25, 0.3) is 5.91 Å². The summed E-state index contributed by atoms with van der Waals surface area (Å²) in [6.07, 6.45) is 6.59. The number of likely N-dealkylation sites (tertiary alicyclic amines) is 1. The monoisotopic (exact) mass is 442 g/mol. The van der Waals surface area contributed by atoms with Crippen LogP contribution in [-0.4, -0.2) is 33.3 Å². The zero-order chi connectivity index (χ0) is 21.8. The van der Waals surface area contributed by atoms with Crippen molar-refractivity contribution in [3.05, 3.63) is 95.9 Å². The van der Waals surface area contributed by atoms with E-state index < -0.39 is 0 Å². The van der Waals surface area contributed by atoms with Gasteiger partial charge in [-0.05, 0) is 74.0 Å². The smallest absolute Gasteiger partial charge is 0.255 e. The molecule has 5 rings (SSSR count). The largest absolute Gasteiger partial charge is 0.322 e. The van der Waals surface area contributed by atoms with Crippen molar-refractivity contribution in [2.75, 3.05) is 18.4 Å². The molecule has 1 fully saturated rings. The lowest BCUT2D eigenvalue weighted by Crippen LogP contribution is -2.20. The van der Waals surface area contributed by atoms with Crippen LogP contribution in [0.25, 0.3) is 5.65 Å². The molecule has 1 aliphatic rings. The molecule has 162 valence electrons. The third kappa shape index (κ3) is 4.87. The molecule has 0 aliphatic carbocycles. The van der Waals surface area contributed by atoms with E-state index in [1.807, 2.05) is 71.3 Å². The number of thioether (sulfide) groups is 1. The number of carbonyl (C=O) groups excluding carboxylic acids is 1. The summed E-state index contributed by atoms with van der Waals surface area (Å²) in [5.41, 5.74) is 4.73. The minimum Gasteiger partial charge on any atom is -0.322 e. The first-order valence-corrected chi connectivity index (χ1v) is 12.0. The van der Waals surface area contributed by atoms with Crippen LogP contribution < -0.4 is 5.32 Å². The topological polar surface area (TPSA) is 49.6 Å². The summed E-state index contributed by atoms with van der Waals surface area (Å²) in [5, 5.41) is 3.11. The summed E-state index contributed by atoms with van der Waals surface area (Å²) >= 11 is 1.72. The van der Waals surface area contributed by atoms with Crippen LogP contribution in [0.5, 0.6) is 0 Å². The van der Waals surface area contributed by atoms with Crippen LogP contribution in [0.15, 0.2) is 84.0 Å². The van der Waals surface area contributed by atoms with Crippen molar-refractivity contribution in [2.24, 2.45) is 0 Å². The number of benzene rings is 2. The van der Waals surface area contributed by atoms with Gasteiger partial charge < -0.3 is 9.72 Å². The standard InChI is InChI=1S/C26H26N4OS/c31-26(28-24-8-2-1-7-21(24)17-29-14-5-6-15-29)20-10-12-23(13-11-20)32-19-22-18-30-16-4-3-9-25(30)27-22/h1-4,7-13,16,18H,5-6,14-15,17,19H2,(H,28,31). The number of anilines is 1. The maximum Gasteiger partial charge on any atom is 0.255 e. The predicted molar refractivity (Wildman–Crippen MR) is 130 cm³/mol. The molecule has 6 heteroatoms. The van der Waals surface area contributed by atoms with Gasteiger partial charge in [0, 0.05) is 40.8 Å². The first-order valence-electron chi connectivity index (χ1n) is 11.0. The fourth-order valence-corrected chi connectivity index (χ4v) is 4.85. The van der Waals surface area contributed by atoms with Gasteiger partial charge in [0.2, 0.25) is 0 Å². The second kappa shape index (κ2) is 9.59. The molecule has 4 aromatic rings. The van der Waals surface area contributed by atoms with Crippen molar-refractivity contribution in [2.45, 2.75) is 30.0 Å². The third-order valence-corrected chi connectivity index (χ3v) is 6.82. The van der Waals surface area contributed by atoms with Gasteiger partial charge in [-0.3, -0.25) is 9.69 Å². The summed E-state index contributed by atoms with van der Waals surface area (Å²) in [6, 6.07) is 21.9. The van der Waals surface area contributed by atoms with Crippen LogP contribution in [0, 0.1) is 0 Å². The number of aromatic nitrogens is 2. The summed E-state index contributed by atoms with van der Waals surface area (Å²) < 4.78 is 2.03. The van der Waals surface area contributed by atoms with Crippen molar-refractivity contribution in [3.63, 3.8) is 0 Å². The van der Waals surface area contributed by atoms with Gasteiger partial charge in [-0.2, -0.15) is 0 Å². The molecule has 3 heterocycles. The van der Waals surface area contributed by atoms with Gasteiger partial charge >= 0.3 is 0 Å². The molecule has 1 aliphatic heterocycles. The average molecular weight is 443 g/mol. The van der Waals surface area contributed by atoms with Crippen molar-refractivity contribution < 1.29 is 4.79 Å². The second-order valence-corrected chi connectivity index (χ2v) is 9.15. The van der Waals surface area contributed by atoms with Crippen LogP contribution in [0.4, 0.5) is 5.69 Å². The Morgan fingerprint density at radius 1 is 0.969 bits per heavy atom. The molecule has 1 N–H and O–H groups in total. The minimum atomic E-state index is -0.0734. The highest BCUT2D eigenvalue weighted by Gasteiger charge is 2.15. The van der Waals surface area contributed by atoms with Crippen molar-refractivity contribution in [3.8, 4) is 0 Å².